The lowest BCUT2D eigenvalue weighted by Crippen LogP contribution is -2.31. The van der Waals surface area contributed by atoms with Gasteiger partial charge in [-0.3, -0.25) is 19.4 Å². The summed E-state index contributed by atoms with van der Waals surface area (Å²) in [4.78, 5) is 35.6. The van der Waals surface area contributed by atoms with E-state index in [2.05, 4.69) is 41.5 Å². The molecule has 3 atom stereocenters. The second kappa shape index (κ2) is 9.49. The fourth-order valence-electron chi connectivity index (χ4n) is 6.12. The summed E-state index contributed by atoms with van der Waals surface area (Å²) < 4.78 is 15.1. The number of aromatic nitrogens is 5. The monoisotopic (exact) mass is 584 g/mol. The molecule has 7 rings (SSSR count). The first-order valence-electron chi connectivity index (χ1n) is 13.8. The Kier molecular flexibility index (Phi) is 5.95. The first-order chi connectivity index (χ1) is 20.2. The molecule has 2 unspecified atom stereocenters. The maximum Gasteiger partial charge on any atom is 0.417 e. The molecule has 0 spiro atoms. The summed E-state index contributed by atoms with van der Waals surface area (Å²) in [5, 5.41) is 5.19. The highest BCUT2D eigenvalue weighted by Gasteiger charge is 2.46. The molecule has 0 bridgehead atoms. The number of carbonyl (C=O) groups is 1. The number of methoxy groups -OCH3 is 1. The van der Waals surface area contributed by atoms with E-state index in [0.29, 0.717) is 34.1 Å². The van der Waals surface area contributed by atoms with Crippen LogP contribution in [0.4, 0.5) is 5.69 Å². The number of ether oxygens (including phenoxy) is 1. The number of rotatable bonds is 5. The van der Waals surface area contributed by atoms with Crippen molar-refractivity contribution < 1.29 is 13.9 Å². The van der Waals surface area contributed by atoms with E-state index in [4.69, 9.17) is 25.7 Å². The lowest BCUT2D eigenvalue weighted by molar-refractivity contribution is 0.0989. The standard InChI is InChI=1S/C31H29ClN6O4/c1-15(2)37-28-26(35-29(37)20-11-18-14-33-36(4)23(18)13-24(20)41-5)30(39)38(27(28)17-6-8-21(32)16(3)10-17)19-7-9-22-25(12-19)42-31(40)34-22/h6-16,21,27H,1-5H3,(H,34,40)/t16?,21?,27-/m1/s1. The molecule has 0 saturated heterocycles. The molecule has 2 aliphatic rings. The normalized spacial score (nSPS) is 20.3. The van der Waals surface area contributed by atoms with Crippen molar-refractivity contribution in [3.63, 3.8) is 0 Å². The third kappa shape index (κ3) is 3.85. The Morgan fingerprint density at radius 2 is 1.98 bits per heavy atom. The molecule has 214 valence electrons. The van der Waals surface area contributed by atoms with Crippen molar-refractivity contribution in [1.29, 1.82) is 0 Å². The van der Waals surface area contributed by atoms with Gasteiger partial charge in [0.05, 0.1) is 41.0 Å². The predicted molar refractivity (Wildman–Crippen MR) is 161 cm³/mol. The first-order valence-corrected chi connectivity index (χ1v) is 14.2. The molecule has 1 N–H and O–H groups in total. The molecule has 1 aliphatic heterocycles. The highest BCUT2D eigenvalue weighted by Crippen LogP contribution is 2.47. The Labute approximate surface area is 245 Å². The molecule has 3 aromatic heterocycles. The third-order valence-electron chi connectivity index (χ3n) is 8.14. The van der Waals surface area contributed by atoms with Gasteiger partial charge in [0.25, 0.3) is 5.91 Å². The van der Waals surface area contributed by atoms with E-state index in [9.17, 15) is 9.59 Å². The number of anilines is 1. The van der Waals surface area contributed by atoms with Crippen molar-refractivity contribution in [1.82, 2.24) is 24.3 Å². The number of nitrogens with one attached hydrogen (secondary N) is 1. The van der Waals surface area contributed by atoms with E-state index >= 15 is 0 Å². The maximum atomic E-state index is 14.4. The molecule has 0 radical (unpaired) electrons. The number of aryl methyl sites for hydroxylation is 1. The van der Waals surface area contributed by atoms with Gasteiger partial charge in [-0.15, -0.1) is 11.6 Å². The van der Waals surface area contributed by atoms with Crippen LogP contribution < -0.4 is 15.4 Å². The van der Waals surface area contributed by atoms with E-state index in [0.717, 1.165) is 27.7 Å². The van der Waals surface area contributed by atoms with Crippen LogP contribution in [-0.2, 0) is 7.05 Å². The summed E-state index contributed by atoms with van der Waals surface area (Å²) in [6.07, 6.45) is 7.88. The zero-order chi connectivity index (χ0) is 29.4. The average molecular weight is 585 g/mol. The number of allylic oxidation sites excluding steroid dienone is 2. The van der Waals surface area contributed by atoms with Gasteiger partial charge in [-0.05, 0) is 43.5 Å². The number of fused-ring (bicyclic) bond motifs is 3. The minimum Gasteiger partial charge on any atom is -0.496 e. The summed E-state index contributed by atoms with van der Waals surface area (Å²) in [5.74, 6) is 0.545. The molecule has 5 aromatic rings. The van der Waals surface area contributed by atoms with E-state index in [1.165, 1.54) is 0 Å². The number of halogens is 1. The van der Waals surface area contributed by atoms with Crippen LogP contribution in [-0.4, -0.2) is 42.7 Å². The summed E-state index contributed by atoms with van der Waals surface area (Å²) in [7, 11) is 3.51. The SMILES string of the molecule is COc1cc2c(cnn2C)cc1-c1nc2c(n1C(C)C)[C@@H](C1=CC(C)C(Cl)C=C1)N(c1ccc3[nH]c(=O)oc3c1)C2=O. The Morgan fingerprint density at radius 1 is 1.17 bits per heavy atom. The van der Waals surface area contributed by atoms with Gasteiger partial charge in [-0.1, -0.05) is 25.2 Å². The summed E-state index contributed by atoms with van der Waals surface area (Å²) >= 11 is 6.54. The second-order valence-corrected chi connectivity index (χ2v) is 11.6. The van der Waals surface area contributed by atoms with Crippen LogP contribution in [0.1, 0.15) is 49.0 Å². The van der Waals surface area contributed by atoms with Crippen molar-refractivity contribution in [2.75, 3.05) is 12.0 Å². The number of hydrogen-bond donors (Lipinski definition) is 1. The van der Waals surface area contributed by atoms with Gasteiger partial charge < -0.3 is 13.7 Å². The van der Waals surface area contributed by atoms with Crippen LogP contribution in [0.3, 0.4) is 0 Å². The Hall–Kier alpha value is -4.57. The van der Waals surface area contributed by atoms with Crippen LogP contribution in [0.5, 0.6) is 5.75 Å². The number of aromatic amines is 1. The Morgan fingerprint density at radius 3 is 2.71 bits per heavy atom. The van der Waals surface area contributed by atoms with Gasteiger partial charge in [0.1, 0.15) is 17.6 Å². The zero-order valence-corrected chi connectivity index (χ0v) is 24.5. The van der Waals surface area contributed by atoms with E-state index < -0.39 is 11.8 Å². The van der Waals surface area contributed by atoms with Crippen molar-refractivity contribution in [2.24, 2.45) is 13.0 Å². The highest BCUT2D eigenvalue weighted by atomic mass is 35.5. The van der Waals surface area contributed by atoms with Crippen molar-refractivity contribution >= 4 is 45.2 Å². The fourth-order valence-corrected chi connectivity index (χ4v) is 6.27. The van der Waals surface area contributed by atoms with Gasteiger partial charge in [0.2, 0.25) is 0 Å². The van der Waals surface area contributed by atoms with E-state index in [-0.39, 0.29) is 23.2 Å². The van der Waals surface area contributed by atoms with Crippen LogP contribution in [0.25, 0.3) is 33.4 Å². The van der Waals surface area contributed by atoms with Crippen LogP contribution in [0.15, 0.2) is 69.5 Å². The molecule has 10 nitrogen and oxygen atoms in total. The van der Waals surface area contributed by atoms with Crippen molar-refractivity contribution in [2.45, 2.75) is 38.2 Å². The molecule has 4 heterocycles. The van der Waals surface area contributed by atoms with Gasteiger partial charge in [0.15, 0.2) is 11.3 Å². The lowest BCUT2D eigenvalue weighted by Gasteiger charge is -2.31. The number of H-pyrrole nitrogens is 1. The molecular weight excluding hydrogens is 556 g/mol. The molecule has 11 heteroatoms. The van der Waals surface area contributed by atoms with E-state index in [1.807, 2.05) is 37.4 Å². The Bertz CT molecular complexity index is 2030. The van der Waals surface area contributed by atoms with Crippen LogP contribution in [0, 0.1) is 5.92 Å². The molecule has 0 fully saturated rings. The Balaban J connectivity index is 1.47. The molecule has 42 heavy (non-hydrogen) atoms. The largest absolute Gasteiger partial charge is 0.496 e. The number of imidazole rings is 1. The smallest absolute Gasteiger partial charge is 0.417 e. The van der Waals surface area contributed by atoms with Crippen LogP contribution >= 0.6 is 11.6 Å². The number of oxazole rings is 1. The molecule has 1 aliphatic carbocycles. The number of benzene rings is 2. The van der Waals surface area contributed by atoms with E-state index in [1.54, 1.807) is 35.0 Å². The minimum absolute atomic E-state index is 0.0441. The minimum atomic E-state index is -0.549. The summed E-state index contributed by atoms with van der Waals surface area (Å²) in [5.41, 5.74) is 5.32. The number of hydrogen-bond acceptors (Lipinski definition) is 6. The lowest BCUT2D eigenvalue weighted by atomic mass is 9.91. The fraction of sp³-hybridized carbons (Fsp3) is 0.290. The number of alkyl halides is 1. The molecular formula is C31H29ClN6O4. The number of nitrogens with zero attached hydrogens (tertiary/aromatic N) is 5. The summed E-state index contributed by atoms with van der Waals surface area (Å²) in [6, 6.07) is 8.69. The second-order valence-electron chi connectivity index (χ2n) is 11.1. The maximum absolute atomic E-state index is 14.4. The third-order valence-corrected chi connectivity index (χ3v) is 8.68. The van der Waals surface area contributed by atoms with Crippen molar-refractivity contribution in [3.05, 3.63) is 82.3 Å². The van der Waals surface area contributed by atoms with Gasteiger partial charge in [-0.2, -0.15) is 5.10 Å². The first kappa shape index (κ1) is 26.3. The average Bonchev–Trinajstić information content (AvgIpc) is 3.70. The molecule has 1 amide bonds. The molecule has 0 saturated carbocycles. The highest BCUT2D eigenvalue weighted by molar-refractivity contribution is 6.22. The van der Waals surface area contributed by atoms with Crippen molar-refractivity contribution in [3.8, 4) is 17.1 Å². The summed E-state index contributed by atoms with van der Waals surface area (Å²) in [6.45, 7) is 6.21. The van der Waals surface area contributed by atoms with Gasteiger partial charge >= 0.3 is 5.76 Å². The number of carbonyl (C=O) groups excluding carboxylic acids is 1. The van der Waals surface area contributed by atoms with Gasteiger partial charge in [-0.25, -0.2) is 9.78 Å². The number of amides is 1. The quantitative estimate of drug-likeness (QED) is 0.257. The zero-order valence-electron chi connectivity index (χ0n) is 23.8. The topological polar surface area (TPSA) is 111 Å². The van der Waals surface area contributed by atoms with Gasteiger partial charge in [0, 0.05) is 36.3 Å². The molecule has 2 aromatic carbocycles. The predicted octanol–water partition coefficient (Wildman–Crippen LogP) is 5.90. The van der Waals surface area contributed by atoms with Crippen LogP contribution in [0.2, 0.25) is 0 Å².